The Labute approximate surface area is 110 Å². The van der Waals surface area contributed by atoms with Crippen LogP contribution in [-0.4, -0.2) is 37.4 Å². The summed E-state index contributed by atoms with van der Waals surface area (Å²) in [4.78, 5) is 5.72. The molecule has 2 atom stereocenters. The number of nitrogens with zero attached hydrogens (tertiary/aromatic N) is 1. The molecule has 3 heteroatoms. The van der Waals surface area contributed by atoms with Gasteiger partial charge in [-0.1, -0.05) is 25.1 Å². The Morgan fingerprint density at radius 2 is 2.17 bits per heavy atom. The topological polar surface area (TPSA) is 19.0 Å². The average Bonchev–Trinajstić information content (AvgIpc) is 2.95. The molecule has 2 nitrogen and oxygen atoms in total. The highest BCUT2D eigenvalue weighted by atomic mass is 15.2. The molecule has 2 heterocycles. The molecule has 0 amide bonds. The fourth-order valence-corrected chi connectivity index (χ4v) is 3.36. The summed E-state index contributed by atoms with van der Waals surface area (Å²) in [5.41, 5.74) is 2.40. The van der Waals surface area contributed by atoms with Crippen LogP contribution in [-0.2, 0) is 5.31 Å². The van der Waals surface area contributed by atoms with E-state index in [-0.39, 0.29) is 5.31 Å². The summed E-state index contributed by atoms with van der Waals surface area (Å²) >= 11 is 0. The monoisotopic (exact) mass is 238 g/mol. The molecule has 0 saturated carbocycles. The first-order chi connectivity index (χ1) is 8.60. The van der Waals surface area contributed by atoms with Crippen molar-refractivity contribution in [3.63, 3.8) is 0 Å². The number of hydrogen-bond donors (Lipinski definition) is 1. The summed E-state index contributed by atoms with van der Waals surface area (Å²) in [7, 11) is 8.86. The van der Waals surface area contributed by atoms with E-state index in [4.69, 9.17) is 7.85 Å². The van der Waals surface area contributed by atoms with Crippen molar-refractivity contribution in [3.05, 3.63) is 36.0 Å². The molecule has 1 unspecified atom stereocenters. The number of likely N-dealkylation sites (tertiary alicyclic amines) is 1. The largest absolute Gasteiger partial charge is 0.361 e. The fourth-order valence-electron chi connectivity index (χ4n) is 3.36. The standard InChI is InChI=1S/C15H19BN2/c1-15(16,14-8-5-9-18(14)2)12-10-17-13-7-4-3-6-11(12)13/h3-4,6-7,10,14,17H,5,8-9H2,1-2H3/t14-,15?/m0/s1. The number of aromatic amines is 1. The third-order valence-electron chi connectivity index (χ3n) is 4.38. The number of nitrogens with one attached hydrogen (secondary N) is 1. The first-order valence-corrected chi connectivity index (χ1v) is 6.66. The van der Waals surface area contributed by atoms with E-state index in [0.29, 0.717) is 6.04 Å². The molecular formula is C15H19BN2. The maximum Gasteiger partial charge on any atom is 0.0829 e. The average molecular weight is 238 g/mol. The molecule has 2 aromatic rings. The Hall–Kier alpha value is -1.22. The van der Waals surface area contributed by atoms with Gasteiger partial charge in [0.2, 0.25) is 0 Å². The second kappa shape index (κ2) is 4.16. The number of benzene rings is 1. The van der Waals surface area contributed by atoms with E-state index in [9.17, 15) is 0 Å². The van der Waals surface area contributed by atoms with Gasteiger partial charge in [-0.15, -0.1) is 0 Å². The molecule has 1 N–H and O–H groups in total. The van der Waals surface area contributed by atoms with Crippen molar-refractivity contribution in [1.29, 1.82) is 0 Å². The molecule has 1 aliphatic rings. The number of likely N-dealkylation sites (N-methyl/N-ethyl adjacent to an activating group) is 1. The Morgan fingerprint density at radius 3 is 2.89 bits per heavy atom. The first kappa shape index (κ1) is 11.9. The summed E-state index contributed by atoms with van der Waals surface area (Å²) < 4.78 is 0. The lowest BCUT2D eigenvalue weighted by Crippen LogP contribution is -2.44. The molecule has 1 aliphatic heterocycles. The third kappa shape index (κ3) is 1.69. The minimum atomic E-state index is -0.301. The highest BCUT2D eigenvalue weighted by Gasteiger charge is 2.37. The van der Waals surface area contributed by atoms with Crippen LogP contribution in [0.2, 0.25) is 0 Å². The van der Waals surface area contributed by atoms with Gasteiger partial charge < -0.3 is 9.88 Å². The third-order valence-corrected chi connectivity index (χ3v) is 4.38. The van der Waals surface area contributed by atoms with Crippen LogP contribution in [0, 0.1) is 0 Å². The van der Waals surface area contributed by atoms with E-state index in [0.717, 1.165) is 6.54 Å². The van der Waals surface area contributed by atoms with Gasteiger partial charge in [0, 0.05) is 23.1 Å². The quantitative estimate of drug-likeness (QED) is 0.797. The number of hydrogen-bond acceptors (Lipinski definition) is 1. The normalized spacial score (nSPS) is 24.4. The van der Waals surface area contributed by atoms with Crippen LogP contribution >= 0.6 is 0 Å². The lowest BCUT2D eigenvalue weighted by molar-refractivity contribution is 0.257. The summed E-state index contributed by atoms with van der Waals surface area (Å²) in [6.07, 6.45) is 4.51. The molecule has 2 radical (unpaired) electrons. The van der Waals surface area contributed by atoms with Gasteiger partial charge >= 0.3 is 0 Å². The summed E-state index contributed by atoms with van der Waals surface area (Å²) in [6.45, 7) is 3.31. The van der Waals surface area contributed by atoms with Gasteiger partial charge in [-0.2, -0.15) is 0 Å². The predicted molar refractivity (Wildman–Crippen MR) is 77.1 cm³/mol. The molecule has 1 aromatic heterocycles. The van der Waals surface area contributed by atoms with Crippen LogP contribution in [0.4, 0.5) is 0 Å². The molecule has 3 rings (SSSR count). The van der Waals surface area contributed by atoms with Crippen molar-refractivity contribution in [1.82, 2.24) is 9.88 Å². The minimum absolute atomic E-state index is 0.301. The Morgan fingerprint density at radius 1 is 1.39 bits per heavy atom. The molecule has 0 spiro atoms. The lowest BCUT2D eigenvalue weighted by Gasteiger charge is -2.36. The van der Waals surface area contributed by atoms with Gasteiger partial charge in [-0.25, -0.2) is 0 Å². The van der Waals surface area contributed by atoms with Crippen molar-refractivity contribution >= 4 is 18.7 Å². The highest BCUT2D eigenvalue weighted by molar-refractivity contribution is 6.17. The van der Waals surface area contributed by atoms with Crippen molar-refractivity contribution in [3.8, 4) is 0 Å². The molecular weight excluding hydrogens is 219 g/mol. The van der Waals surface area contributed by atoms with Gasteiger partial charge in [-0.05, 0) is 43.4 Å². The maximum atomic E-state index is 6.68. The number of fused-ring (bicyclic) bond motifs is 1. The van der Waals surface area contributed by atoms with Crippen LogP contribution in [0.15, 0.2) is 30.5 Å². The van der Waals surface area contributed by atoms with Crippen molar-refractivity contribution in [2.45, 2.75) is 31.1 Å². The second-order valence-corrected chi connectivity index (χ2v) is 5.67. The van der Waals surface area contributed by atoms with E-state index < -0.39 is 0 Å². The number of para-hydroxylation sites is 1. The van der Waals surface area contributed by atoms with E-state index in [1.807, 2.05) is 0 Å². The van der Waals surface area contributed by atoms with E-state index >= 15 is 0 Å². The van der Waals surface area contributed by atoms with Gasteiger partial charge in [-0.3, -0.25) is 0 Å². The van der Waals surface area contributed by atoms with Crippen molar-refractivity contribution in [2.24, 2.45) is 0 Å². The maximum absolute atomic E-state index is 6.68. The lowest BCUT2D eigenvalue weighted by atomic mass is 9.60. The zero-order chi connectivity index (χ0) is 12.8. The van der Waals surface area contributed by atoms with Gasteiger partial charge in [0.1, 0.15) is 0 Å². The SMILES string of the molecule is [B]C(C)(c1c[nH]c2ccccc12)[C@@H]1CCCN1C. The molecule has 0 aliphatic carbocycles. The minimum Gasteiger partial charge on any atom is -0.361 e. The summed E-state index contributed by atoms with van der Waals surface area (Å²) in [5, 5.41) is 0.952. The fraction of sp³-hybridized carbons (Fsp3) is 0.467. The molecule has 1 aromatic carbocycles. The van der Waals surface area contributed by atoms with Gasteiger partial charge in [0.05, 0.1) is 7.85 Å². The van der Waals surface area contributed by atoms with Crippen LogP contribution in [0.5, 0.6) is 0 Å². The number of aromatic nitrogens is 1. The number of H-pyrrole nitrogens is 1. The zero-order valence-electron chi connectivity index (χ0n) is 11.1. The Kier molecular flexibility index (Phi) is 2.74. The molecule has 92 valence electrons. The molecule has 18 heavy (non-hydrogen) atoms. The highest BCUT2D eigenvalue weighted by Crippen LogP contribution is 2.36. The second-order valence-electron chi connectivity index (χ2n) is 5.67. The first-order valence-electron chi connectivity index (χ1n) is 6.66. The predicted octanol–water partition coefficient (Wildman–Crippen LogP) is 2.65. The van der Waals surface area contributed by atoms with Gasteiger partial charge in [0.15, 0.2) is 0 Å². The molecule has 1 fully saturated rings. The smallest absolute Gasteiger partial charge is 0.0829 e. The van der Waals surface area contributed by atoms with E-state index in [2.05, 4.69) is 54.3 Å². The number of rotatable bonds is 2. The van der Waals surface area contributed by atoms with Crippen LogP contribution in [0.1, 0.15) is 25.3 Å². The van der Waals surface area contributed by atoms with Crippen molar-refractivity contribution in [2.75, 3.05) is 13.6 Å². The van der Waals surface area contributed by atoms with Crippen LogP contribution < -0.4 is 0 Å². The Balaban J connectivity index is 2.07. The molecule has 1 saturated heterocycles. The summed E-state index contributed by atoms with van der Waals surface area (Å²) in [5.74, 6) is 0. The van der Waals surface area contributed by atoms with E-state index in [1.165, 1.54) is 29.3 Å². The summed E-state index contributed by atoms with van der Waals surface area (Å²) in [6, 6.07) is 8.82. The Bertz CT molecular complexity index is 558. The van der Waals surface area contributed by atoms with E-state index in [1.54, 1.807) is 0 Å². The van der Waals surface area contributed by atoms with Crippen LogP contribution in [0.3, 0.4) is 0 Å². The molecule has 0 bridgehead atoms. The zero-order valence-corrected chi connectivity index (χ0v) is 11.1. The van der Waals surface area contributed by atoms with Crippen molar-refractivity contribution < 1.29 is 0 Å². The van der Waals surface area contributed by atoms with Gasteiger partial charge in [0.25, 0.3) is 0 Å². The van der Waals surface area contributed by atoms with Crippen LogP contribution in [0.25, 0.3) is 10.9 Å².